The molecular formula is C24H19N3O5. The van der Waals surface area contributed by atoms with Crippen LogP contribution in [0.1, 0.15) is 26.3 Å². The van der Waals surface area contributed by atoms with Gasteiger partial charge in [-0.05, 0) is 30.4 Å². The average molecular weight is 429 g/mol. The Kier molecular flexibility index (Phi) is 4.37. The number of allylic oxidation sites excluding steroid dienone is 2. The fraction of sp³-hybridized carbons (Fsp3) is 0.125. The van der Waals surface area contributed by atoms with Crippen LogP contribution in [-0.2, 0) is 6.54 Å². The summed E-state index contributed by atoms with van der Waals surface area (Å²) in [6.07, 6.45) is 3.79. The molecule has 0 fully saturated rings. The smallest absolute Gasteiger partial charge is 0.197 e. The summed E-state index contributed by atoms with van der Waals surface area (Å²) in [6, 6.07) is 10.9. The highest BCUT2D eigenvalue weighted by atomic mass is 16.5. The van der Waals surface area contributed by atoms with Gasteiger partial charge in [0.25, 0.3) is 0 Å². The molecule has 32 heavy (non-hydrogen) atoms. The summed E-state index contributed by atoms with van der Waals surface area (Å²) < 4.78 is 6.01. The van der Waals surface area contributed by atoms with E-state index in [1.54, 1.807) is 23.2 Å². The number of carbonyl (C=O) groups excluding carboxylic acids is 2. The summed E-state index contributed by atoms with van der Waals surface area (Å²) in [7, 11) is 3.75. The van der Waals surface area contributed by atoms with Crippen LogP contribution in [0.2, 0.25) is 0 Å². The lowest BCUT2D eigenvalue weighted by atomic mass is 9.91. The molecule has 0 atom stereocenters. The van der Waals surface area contributed by atoms with Crippen LogP contribution >= 0.6 is 0 Å². The highest BCUT2D eigenvalue weighted by Gasteiger charge is 2.37. The maximum Gasteiger partial charge on any atom is 0.197 e. The van der Waals surface area contributed by atoms with Gasteiger partial charge in [-0.1, -0.05) is 18.2 Å². The van der Waals surface area contributed by atoms with E-state index in [0.717, 1.165) is 23.5 Å². The first kappa shape index (κ1) is 19.6. The van der Waals surface area contributed by atoms with Crippen LogP contribution in [0.3, 0.4) is 0 Å². The first-order chi connectivity index (χ1) is 15.4. The third kappa shape index (κ3) is 2.88. The Morgan fingerprint density at radius 3 is 2.31 bits per heavy atom. The number of nitrogens with zero attached hydrogens (tertiary/aromatic N) is 3. The molecule has 160 valence electrons. The van der Waals surface area contributed by atoms with Crippen LogP contribution in [0.15, 0.2) is 54.7 Å². The number of hydrogen-bond donors (Lipinski definition) is 2. The molecule has 0 saturated carbocycles. The molecule has 2 aromatic carbocycles. The normalized spacial score (nSPS) is 14.2. The zero-order chi connectivity index (χ0) is 22.6. The lowest BCUT2D eigenvalue weighted by Gasteiger charge is -2.27. The number of rotatable bonds is 2. The van der Waals surface area contributed by atoms with Crippen molar-refractivity contribution in [2.45, 2.75) is 6.54 Å². The highest BCUT2D eigenvalue weighted by molar-refractivity contribution is 6.25. The number of fused-ring (bicyclic) bond motifs is 3. The summed E-state index contributed by atoms with van der Waals surface area (Å²) >= 11 is 0. The second-order valence-corrected chi connectivity index (χ2v) is 7.75. The molecular weight excluding hydrogens is 410 g/mol. The molecule has 2 N–H and O–H groups in total. The van der Waals surface area contributed by atoms with Crippen molar-refractivity contribution < 1.29 is 24.5 Å². The van der Waals surface area contributed by atoms with Gasteiger partial charge in [-0.2, -0.15) is 0 Å². The van der Waals surface area contributed by atoms with Gasteiger partial charge in [0.15, 0.2) is 28.8 Å². The first-order valence-electron chi connectivity index (χ1n) is 9.92. The van der Waals surface area contributed by atoms with Crippen LogP contribution in [0.25, 0.3) is 0 Å². The average Bonchev–Trinajstić information content (AvgIpc) is 2.96. The molecule has 1 aliphatic heterocycles. The molecule has 3 aromatic rings. The molecule has 2 aliphatic rings. The molecule has 0 spiro atoms. The van der Waals surface area contributed by atoms with Gasteiger partial charge in [0.05, 0.1) is 29.6 Å². The maximum atomic E-state index is 12.6. The first-order valence-corrected chi connectivity index (χ1v) is 9.92. The van der Waals surface area contributed by atoms with E-state index in [1.165, 1.54) is 0 Å². The molecule has 0 amide bonds. The molecule has 0 bridgehead atoms. The predicted octanol–water partition coefficient (Wildman–Crippen LogP) is 3.94. The van der Waals surface area contributed by atoms with Crippen molar-refractivity contribution in [3.8, 4) is 23.0 Å². The predicted molar refractivity (Wildman–Crippen MR) is 118 cm³/mol. The zero-order valence-corrected chi connectivity index (χ0v) is 17.4. The molecule has 0 radical (unpaired) electrons. The Hall–Kier alpha value is -4.33. The van der Waals surface area contributed by atoms with E-state index in [1.807, 2.05) is 43.3 Å². The van der Waals surface area contributed by atoms with E-state index in [9.17, 15) is 19.8 Å². The number of pyridine rings is 1. The topological polar surface area (TPSA) is 103 Å². The van der Waals surface area contributed by atoms with Gasteiger partial charge in [0.1, 0.15) is 17.3 Å². The van der Waals surface area contributed by atoms with Crippen molar-refractivity contribution in [3.63, 3.8) is 0 Å². The minimum Gasteiger partial charge on any atom is -0.505 e. The number of ketones is 2. The number of ether oxygens (including phenoxy) is 1. The van der Waals surface area contributed by atoms with Gasteiger partial charge in [-0.15, -0.1) is 0 Å². The Morgan fingerprint density at radius 2 is 1.66 bits per heavy atom. The minimum absolute atomic E-state index is 0.0910. The summed E-state index contributed by atoms with van der Waals surface area (Å²) in [4.78, 5) is 33.1. The maximum absolute atomic E-state index is 12.6. The molecule has 0 saturated heterocycles. The lowest BCUT2D eigenvalue weighted by Crippen LogP contribution is -2.19. The summed E-state index contributed by atoms with van der Waals surface area (Å²) in [5.41, 5.74) is 0.971. The number of phenols is 2. The van der Waals surface area contributed by atoms with Gasteiger partial charge in [0, 0.05) is 19.7 Å². The number of hydrogen-bond acceptors (Lipinski definition) is 8. The van der Waals surface area contributed by atoms with Crippen molar-refractivity contribution >= 4 is 28.8 Å². The Labute approximate surface area is 183 Å². The summed E-state index contributed by atoms with van der Waals surface area (Å²) in [5, 5.41) is 22.2. The molecule has 8 nitrogen and oxygen atoms in total. The molecule has 1 aliphatic carbocycles. The lowest BCUT2D eigenvalue weighted by molar-refractivity contribution is 0.0989. The van der Waals surface area contributed by atoms with E-state index in [2.05, 4.69) is 4.98 Å². The van der Waals surface area contributed by atoms with Crippen molar-refractivity contribution in [1.29, 1.82) is 0 Å². The van der Waals surface area contributed by atoms with Gasteiger partial charge >= 0.3 is 0 Å². The third-order valence-corrected chi connectivity index (χ3v) is 5.54. The number of aromatic nitrogens is 1. The Balaban J connectivity index is 1.80. The SMILES string of the molecule is CN(C)c1ccc(N2Cc3ccccc3Oc3c(O)c4c(c(O)c32)C(=O)C=CC4=O)cn1. The van der Waals surface area contributed by atoms with Crippen molar-refractivity contribution in [2.75, 3.05) is 23.9 Å². The van der Waals surface area contributed by atoms with E-state index in [-0.39, 0.29) is 29.1 Å². The largest absolute Gasteiger partial charge is 0.505 e. The molecule has 2 heterocycles. The fourth-order valence-corrected chi connectivity index (χ4v) is 3.95. The van der Waals surface area contributed by atoms with Gasteiger partial charge in [-0.3, -0.25) is 9.59 Å². The van der Waals surface area contributed by atoms with E-state index in [0.29, 0.717) is 11.4 Å². The molecule has 8 heteroatoms. The summed E-state index contributed by atoms with van der Waals surface area (Å²) in [5.74, 6) is -0.968. The van der Waals surface area contributed by atoms with E-state index in [4.69, 9.17) is 4.74 Å². The second kappa shape index (κ2) is 7.12. The van der Waals surface area contributed by atoms with Gasteiger partial charge < -0.3 is 24.7 Å². The molecule has 5 rings (SSSR count). The number of aromatic hydroxyl groups is 2. The van der Waals surface area contributed by atoms with Crippen molar-refractivity contribution in [3.05, 3.63) is 71.4 Å². The Bertz CT molecular complexity index is 1310. The number of benzene rings is 2. The number of para-hydroxylation sites is 1. The summed E-state index contributed by atoms with van der Waals surface area (Å²) in [6.45, 7) is 0.274. The highest BCUT2D eigenvalue weighted by Crippen LogP contribution is 2.55. The molecule has 1 aromatic heterocycles. The standard InChI is InChI=1S/C24H19N3O5/c1-26(2)18-10-7-14(11-25-18)27-12-13-5-3-4-6-17(13)32-24-21(27)22(30)19-15(28)8-9-16(29)20(19)23(24)31/h3-11,30-31H,12H2,1-2H3. The van der Waals surface area contributed by atoms with Crippen LogP contribution < -0.4 is 14.5 Å². The quantitative estimate of drug-likeness (QED) is 0.591. The van der Waals surface area contributed by atoms with E-state index < -0.39 is 23.1 Å². The number of carbonyl (C=O) groups is 2. The van der Waals surface area contributed by atoms with Crippen molar-refractivity contribution in [1.82, 2.24) is 4.98 Å². The minimum atomic E-state index is -0.583. The second-order valence-electron chi connectivity index (χ2n) is 7.75. The van der Waals surface area contributed by atoms with Crippen molar-refractivity contribution in [2.24, 2.45) is 0 Å². The van der Waals surface area contributed by atoms with Crippen LogP contribution in [-0.4, -0.2) is 40.9 Å². The monoisotopic (exact) mass is 429 g/mol. The van der Waals surface area contributed by atoms with Crippen LogP contribution in [0.5, 0.6) is 23.0 Å². The third-order valence-electron chi connectivity index (χ3n) is 5.54. The van der Waals surface area contributed by atoms with Gasteiger partial charge in [-0.25, -0.2) is 4.98 Å². The molecule has 0 unspecified atom stereocenters. The number of phenolic OH excluding ortho intramolecular Hbond substituents is 2. The zero-order valence-electron chi connectivity index (χ0n) is 17.4. The number of anilines is 3. The van der Waals surface area contributed by atoms with Crippen LogP contribution in [0, 0.1) is 0 Å². The fourth-order valence-electron chi connectivity index (χ4n) is 3.95. The van der Waals surface area contributed by atoms with Gasteiger partial charge in [0.2, 0.25) is 0 Å². The Morgan fingerprint density at radius 1 is 0.969 bits per heavy atom. The van der Waals surface area contributed by atoms with Crippen LogP contribution in [0.4, 0.5) is 17.2 Å². The van der Waals surface area contributed by atoms with E-state index >= 15 is 0 Å².